The zero-order valence-electron chi connectivity index (χ0n) is 7.37. The molecule has 0 atom stereocenters. The Morgan fingerprint density at radius 1 is 1.54 bits per heavy atom. The molecule has 0 amide bonds. The smallest absolute Gasteiger partial charge is 0.145 e. The van der Waals surface area contributed by atoms with Gasteiger partial charge in [0.05, 0.1) is 5.69 Å². The Labute approximate surface area is 76.4 Å². The molecule has 3 N–H and O–H groups in total. The second-order valence-electron chi connectivity index (χ2n) is 2.84. The molecule has 0 fully saturated rings. The summed E-state index contributed by atoms with van der Waals surface area (Å²) in [5, 5.41) is 3.13. The molecule has 0 spiro atoms. The van der Waals surface area contributed by atoms with Crippen molar-refractivity contribution >= 4 is 17.2 Å². The highest BCUT2D eigenvalue weighted by atomic mass is 16.5. The summed E-state index contributed by atoms with van der Waals surface area (Å²) in [6.45, 7) is 0.493. The van der Waals surface area contributed by atoms with Crippen LogP contribution in [0.15, 0.2) is 23.2 Å². The molecule has 1 aliphatic heterocycles. The maximum Gasteiger partial charge on any atom is 0.145 e. The zero-order chi connectivity index (χ0) is 9.26. The quantitative estimate of drug-likeness (QED) is 0.583. The molecular weight excluding hydrogens is 166 g/mol. The first-order chi connectivity index (χ1) is 6.29. The number of nitrogens with one attached hydrogen (secondary N) is 1. The van der Waals surface area contributed by atoms with E-state index in [9.17, 15) is 0 Å². The van der Waals surface area contributed by atoms with Gasteiger partial charge in [-0.1, -0.05) is 0 Å². The fraction of sp³-hybridized carbons (Fsp3) is 0.222. The monoisotopic (exact) mass is 177 g/mol. The number of aliphatic imine (C=N–C) groups is 1. The summed E-state index contributed by atoms with van der Waals surface area (Å²) in [7, 11) is 1.73. The van der Waals surface area contributed by atoms with Crippen molar-refractivity contribution in [1.29, 1.82) is 0 Å². The number of nitrogen functional groups attached to an aromatic ring is 1. The molecule has 4 nitrogen and oxygen atoms in total. The lowest BCUT2D eigenvalue weighted by atomic mass is 10.2. The zero-order valence-corrected chi connectivity index (χ0v) is 7.37. The van der Waals surface area contributed by atoms with E-state index in [1.54, 1.807) is 7.05 Å². The molecule has 0 radical (unpaired) electrons. The number of fused-ring (bicyclic) bond motifs is 1. The van der Waals surface area contributed by atoms with Crippen molar-refractivity contribution in [3.05, 3.63) is 18.2 Å². The molecule has 0 bridgehead atoms. The number of nitrogens with two attached hydrogens (primary N) is 1. The van der Waals surface area contributed by atoms with Gasteiger partial charge in [0.2, 0.25) is 0 Å². The van der Waals surface area contributed by atoms with E-state index in [4.69, 9.17) is 10.5 Å². The predicted molar refractivity (Wildman–Crippen MR) is 53.3 cm³/mol. The molecule has 0 aliphatic carbocycles. The number of hydrogen-bond donors (Lipinski definition) is 2. The molecule has 2 rings (SSSR count). The van der Waals surface area contributed by atoms with Crippen molar-refractivity contribution in [1.82, 2.24) is 0 Å². The molecule has 1 aromatic rings. The van der Waals surface area contributed by atoms with Crippen molar-refractivity contribution in [2.75, 3.05) is 24.7 Å². The number of hydrogen-bond acceptors (Lipinski definition) is 3. The molecule has 1 heterocycles. The van der Waals surface area contributed by atoms with Crippen molar-refractivity contribution in [3.63, 3.8) is 0 Å². The molecule has 0 saturated carbocycles. The average Bonchev–Trinajstić information content (AvgIpc) is 2.16. The summed E-state index contributed by atoms with van der Waals surface area (Å²) in [6, 6.07) is 5.50. The Kier molecular flexibility index (Phi) is 1.81. The third-order valence-corrected chi connectivity index (χ3v) is 1.92. The van der Waals surface area contributed by atoms with Crippen molar-refractivity contribution in [2.45, 2.75) is 0 Å². The first-order valence-electron chi connectivity index (χ1n) is 4.04. The maximum absolute atomic E-state index is 5.63. The number of benzene rings is 1. The average molecular weight is 177 g/mol. The maximum atomic E-state index is 5.63. The van der Waals surface area contributed by atoms with E-state index in [-0.39, 0.29) is 0 Å². The lowest BCUT2D eigenvalue weighted by Gasteiger charge is -2.20. The summed E-state index contributed by atoms with van der Waals surface area (Å²) < 4.78 is 5.43. The highest BCUT2D eigenvalue weighted by molar-refractivity contribution is 5.99. The molecule has 0 unspecified atom stereocenters. The summed E-state index contributed by atoms with van der Waals surface area (Å²) >= 11 is 0. The first kappa shape index (κ1) is 7.91. The van der Waals surface area contributed by atoms with E-state index < -0.39 is 0 Å². The number of nitrogens with zero attached hydrogens (tertiary/aromatic N) is 1. The van der Waals surface area contributed by atoms with Gasteiger partial charge in [-0.15, -0.1) is 0 Å². The minimum absolute atomic E-state index is 0.493. The van der Waals surface area contributed by atoms with E-state index in [2.05, 4.69) is 10.3 Å². The molecule has 13 heavy (non-hydrogen) atoms. The summed E-state index contributed by atoms with van der Waals surface area (Å²) in [6.07, 6.45) is 0. The van der Waals surface area contributed by atoms with Crippen LogP contribution in [0.4, 0.5) is 11.4 Å². The first-order valence-corrected chi connectivity index (χ1v) is 4.04. The third-order valence-electron chi connectivity index (χ3n) is 1.92. The lowest BCUT2D eigenvalue weighted by Crippen LogP contribution is -2.25. The van der Waals surface area contributed by atoms with Gasteiger partial charge in [-0.3, -0.25) is 4.99 Å². The second kappa shape index (κ2) is 2.97. The molecule has 0 saturated heterocycles. The van der Waals surface area contributed by atoms with Crippen molar-refractivity contribution in [3.8, 4) is 5.75 Å². The van der Waals surface area contributed by atoms with Crippen molar-refractivity contribution < 1.29 is 4.74 Å². The van der Waals surface area contributed by atoms with Gasteiger partial charge in [0, 0.05) is 12.7 Å². The Morgan fingerprint density at radius 3 is 3.15 bits per heavy atom. The van der Waals surface area contributed by atoms with Crippen LogP contribution in [0, 0.1) is 0 Å². The van der Waals surface area contributed by atoms with E-state index in [1.165, 1.54) is 0 Å². The van der Waals surface area contributed by atoms with Gasteiger partial charge in [0.15, 0.2) is 0 Å². The van der Waals surface area contributed by atoms with Gasteiger partial charge in [0.1, 0.15) is 18.2 Å². The van der Waals surface area contributed by atoms with Crippen LogP contribution in [-0.2, 0) is 0 Å². The summed E-state index contributed by atoms with van der Waals surface area (Å²) in [5.41, 5.74) is 7.23. The van der Waals surface area contributed by atoms with Crippen LogP contribution in [0.1, 0.15) is 0 Å². The predicted octanol–water partition coefficient (Wildman–Crippen LogP) is 1.10. The molecule has 0 aromatic heterocycles. The van der Waals surface area contributed by atoms with Gasteiger partial charge in [-0.05, 0) is 18.2 Å². The van der Waals surface area contributed by atoms with E-state index in [0.717, 1.165) is 17.3 Å². The van der Waals surface area contributed by atoms with Crippen LogP contribution in [0.2, 0.25) is 0 Å². The molecule has 4 heteroatoms. The summed E-state index contributed by atoms with van der Waals surface area (Å²) in [5.74, 6) is 1.64. The minimum atomic E-state index is 0.493. The van der Waals surface area contributed by atoms with E-state index >= 15 is 0 Å². The normalized spacial score (nSPS) is 17.5. The molecule has 1 aromatic carbocycles. The fourth-order valence-corrected chi connectivity index (χ4v) is 1.23. The van der Waals surface area contributed by atoms with E-state index in [0.29, 0.717) is 12.3 Å². The van der Waals surface area contributed by atoms with Gasteiger partial charge < -0.3 is 15.8 Å². The largest absolute Gasteiger partial charge is 0.484 e. The topological polar surface area (TPSA) is 59.6 Å². The fourth-order valence-electron chi connectivity index (χ4n) is 1.23. The molecule has 1 aliphatic rings. The van der Waals surface area contributed by atoms with Crippen LogP contribution in [0.5, 0.6) is 5.75 Å². The van der Waals surface area contributed by atoms with Crippen LogP contribution >= 0.6 is 0 Å². The molecular formula is C9H11N3O. The lowest BCUT2D eigenvalue weighted by molar-refractivity contribution is 0.372. The van der Waals surface area contributed by atoms with Crippen LogP contribution in [0.25, 0.3) is 0 Å². The Balaban J connectivity index is 2.38. The van der Waals surface area contributed by atoms with Gasteiger partial charge in [-0.2, -0.15) is 0 Å². The number of amidine groups is 1. The number of rotatable bonds is 0. The Morgan fingerprint density at radius 2 is 2.38 bits per heavy atom. The van der Waals surface area contributed by atoms with Crippen molar-refractivity contribution in [2.24, 2.45) is 4.99 Å². The SMILES string of the molecule is CN=C1COc2ccc(N)cc2N1. The van der Waals surface area contributed by atoms with Crippen LogP contribution < -0.4 is 15.8 Å². The number of ether oxygens (including phenoxy) is 1. The van der Waals surface area contributed by atoms with Crippen LogP contribution in [-0.4, -0.2) is 19.5 Å². The summed E-state index contributed by atoms with van der Waals surface area (Å²) in [4.78, 5) is 4.02. The van der Waals surface area contributed by atoms with Gasteiger partial charge in [-0.25, -0.2) is 0 Å². The van der Waals surface area contributed by atoms with E-state index in [1.807, 2.05) is 18.2 Å². The second-order valence-corrected chi connectivity index (χ2v) is 2.84. The van der Waals surface area contributed by atoms with Gasteiger partial charge >= 0.3 is 0 Å². The molecule has 68 valence electrons. The Bertz CT molecular complexity index is 360. The van der Waals surface area contributed by atoms with Crippen LogP contribution in [0.3, 0.4) is 0 Å². The highest BCUT2D eigenvalue weighted by Gasteiger charge is 2.13. The number of anilines is 2. The Hall–Kier alpha value is -1.71. The highest BCUT2D eigenvalue weighted by Crippen LogP contribution is 2.29. The minimum Gasteiger partial charge on any atom is -0.484 e. The van der Waals surface area contributed by atoms with Gasteiger partial charge in [0.25, 0.3) is 0 Å². The standard InChI is InChI=1S/C9H11N3O/c1-11-9-5-13-8-3-2-6(10)4-7(8)12-9/h2-4H,5,10H2,1H3,(H,11,12). The third kappa shape index (κ3) is 1.42.